The van der Waals surface area contributed by atoms with E-state index in [1.54, 1.807) is 13.3 Å². The van der Waals surface area contributed by atoms with E-state index in [0.717, 1.165) is 45.8 Å². The highest BCUT2D eigenvalue weighted by molar-refractivity contribution is 5.93. The van der Waals surface area contributed by atoms with Gasteiger partial charge in [-0.2, -0.15) is 10.2 Å². The third-order valence-electron chi connectivity index (χ3n) is 4.83. The lowest BCUT2D eigenvalue weighted by Gasteiger charge is -2.10. The van der Waals surface area contributed by atoms with Gasteiger partial charge in [0.25, 0.3) is 0 Å². The molecule has 0 saturated carbocycles. The molecular formula is C22H25N5O. The second kappa shape index (κ2) is 7.11. The molecule has 0 fully saturated rings. The third kappa shape index (κ3) is 3.15. The van der Waals surface area contributed by atoms with Gasteiger partial charge in [0.2, 0.25) is 0 Å². The fourth-order valence-electron chi connectivity index (χ4n) is 3.72. The van der Waals surface area contributed by atoms with Crippen molar-refractivity contribution in [2.45, 2.75) is 27.2 Å². The number of ether oxygens (including phenoxy) is 1. The van der Waals surface area contributed by atoms with E-state index in [1.165, 1.54) is 5.56 Å². The molecule has 0 N–H and O–H groups in total. The molecule has 6 nitrogen and oxygen atoms in total. The van der Waals surface area contributed by atoms with Gasteiger partial charge in [0, 0.05) is 36.8 Å². The first-order chi connectivity index (χ1) is 13.5. The predicted molar refractivity (Wildman–Crippen MR) is 111 cm³/mol. The summed E-state index contributed by atoms with van der Waals surface area (Å²) in [7, 11) is 3.66. The van der Waals surface area contributed by atoms with E-state index < -0.39 is 0 Å². The van der Waals surface area contributed by atoms with Crippen LogP contribution in [0.1, 0.15) is 25.1 Å². The maximum Gasteiger partial charge on any atom is 0.130 e. The molecule has 0 unspecified atom stereocenters. The van der Waals surface area contributed by atoms with Crippen LogP contribution >= 0.6 is 0 Å². The number of rotatable bonds is 5. The molecule has 0 amide bonds. The maximum absolute atomic E-state index is 5.70. The van der Waals surface area contributed by atoms with Crippen molar-refractivity contribution in [1.82, 2.24) is 24.5 Å². The minimum atomic E-state index is 0.561. The Morgan fingerprint density at radius 3 is 2.68 bits per heavy atom. The van der Waals surface area contributed by atoms with Crippen LogP contribution in [-0.2, 0) is 13.5 Å². The molecule has 0 atom stereocenters. The van der Waals surface area contributed by atoms with E-state index in [0.29, 0.717) is 5.92 Å². The standard InChI is InChI=1S/C22H25N5O/c1-14(2)11-16-12-15(3)24-21-20(25-26(4)22(16)21)18-8-7-17(13-19(18)28-5)27-10-6-9-23-27/h6-10,12-14H,11H2,1-5H3. The molecule has 1 aromatic carbocycles. The number of nitrogens with zero attached hydrogens (tertiary/aromatic N) is 5. The average molecular weight is 375 g/mol. The predicted octanol–water partition coefficient (Wildman–Crippen LogP) is 4.34. The Balaban J connectivity index is 1.91. The summed E-state index contributed by atoms with van der Waals surface area (Å²) in [5.74, 6) is 1.31. The highest BCUT2D eigenvalue weighted by atomic mass is 16.5. The van der Waals surface area contributed by atoms with E-state index in [1.807, 2.05) is 53.8 Å². The van der Waals surface area contributed by atoms with Crippen molar-refractivity contribution >= 4 is 11.0 Å². The summed E-state index contributed by atoms with van der Waals surface area (Å²) in [5.41, 5.74) is 7.01. The summed E-state index contributed by atoms with van der Waals surface area (Å²) >= 11 is 0. The van der Waals surface area contributed by atoms with Crippen LogP contribution in [0.4, 0.5) is 0 Å². The van der Waals surface area contributed by atoms with Crippen molar-refractivity contribution in [2.24, 2.45) is 13.0 Å². The monoisotopic (exact) mass is 375 g/mol. The number of aryl methyl sites for hydroxylation is 2. The van der Waals surface area contributed by atoms with E-state index in [2.05, 4.69) is 25.0 Å². The minimum Gasteiger partial charge on any atom is -0.496 e. The lowest BCUT2D eigenvalue weighted by molar-refractivity contribution is 0.416. The Morgan fingerprint density at radius 1 is 1.18 bits per heavy atom. The van der Waals surface area contributed by atoms with Crippen LogP contribution in [0.2, 0.25) is 0 Å². The fourth-order valence-corrected chi connectivity index (χ4v) is 3.72. The van der Waals surface area contributed by atoms with Crippen molar-refractivity contribution < 1.29 is 4.74 Å². The molecule has 0 spiro atoms. The first-order valence-electron chi connectivity index (χ1n) is 9.49. The SMILES string of the molecule is COc1cc(-n2cccn2)ccc1-c1nn(C)c2c(CC(C)C)cc(C)nc12. The Labute approximate surface area is 164 Å². The van der Waals surface area contributed by atoms with Crippen molar-refractivity contribution in [2.75, 3.05) is 7.11 Å². The molecule has 0 bridgehead atoms. The number of fused-ring (bicyclic) bond motifs is 1. The van der Waals surface area contributed by atoms with Crippen molar-refractivity contribution in [3.63, 3.8) is 0 Å². The number of aromatic nitrogens is 5. The molecule has 3 aromatic heterocycles. The smallest absolute Gasteiger partial charge is 0.130 e. The lowest BCUT2D eigenvalue weighted by atomic mass is 10.0. The van der Waals surface area contributed by atoms with Crippen molar-refractivity contribution in [3.8, 4) is 22.7 Å². The zero-order valence-corrected chi connectivity index (χ0v) is 17.0. The Morgan fingerprint density at radius 2 is 2.00 bits per heavy atom. The molecule has 4 aromatic rings. The fraction of sp³-hybridized carbons (Fsp3) is 0.318. The minimum absolute atomic E-state index is 0.561. The Hall–Kier alpha value is -3.15. The van der Waals surface area contributed by atoms with Gasteiger partial charge in [0.15, 0.2) is 0 Å². The number of hydrogen-bond donors (Lipinski definition) is 0. The van der Waals surface area contributed by atoms with E-state index in [-0.39, 0.29) is 0 Å². The van der Waals surface area contributed by atoms with Crippen LogP contribution in [0.15, 0.2) is 42.7 Å². The van der Waals surface area contributed by atoms with Gasteiger partial charge in [-0.1, -0.05) is 13.8 Å². The number of benzene rings is 1. The molecule has 0 aliphatic carbocycles. The summed E-state index contributed by atoms with van der Waals surface area (Å²) in [6, 6.07) is 10.1. The van der Waals surface area contributed by atoms with Gasteiger partial charge in [0.05, 0.1) is 18.3 Å². The summed E-state index contributed by atoms with van der Waals surface area (Å²) in [4.78, 5) is 4.83. The van der Waals surface area contributed by atoms with Gasteiger partial charge in [0.1, 0.15) is 17.0 Å². The maximum atomic E-state index is 5.70. The van der Waals surface area contributed by atoms with Crippen LogP contribution in [-0.4, -0.2) is 31.7 Å². The van der Waals surface area contributed by atoms with Crippen molar-refractivity contribution in [1.29, 1.82) is 0 Å². The Bertz CT molecular complexity index is 1130. The first-order valence-corrected chi connectivity index (χ1v) is 9.49. The summed E-state index contributed by atoms with van der Waals surface area (Å²) in [6.07, 6.45) is 4.66. The van der Waals surface area contributed by atoms with Gasteiger partial charge < -0.3 is 4.74 Å². The Kier molecular flexibility index (Phi) is 4.63. The van der Waals surface area contributed by atoms with Gasteiger partial charge in [-0.3, -0.25) is 4.68 Å². The zero-order valence-electron chi connectivity index (χ0n) is 17.0. The third-order valence-corrected chi connectivity index (χ3v) is 4.83. The highest BCUT2D eigenvalue weighted by Gasteiger charge is 2.20. The van der Waals surface area contributed by atoms with Crippen LogP contribution in [0.3, 0.4) is 0 Å². The molecule has 0 saturated heterocycles. The molecule has 4 rings (SSSR count). The summed E-state index contributed by atoms with van der Waals surface area (Å²) in [5, 5.41) is 9.12. The molecule has 28 heavy (non-hydrogen) atoms. The van der Waals surface area contributed by atoms with Crippen LogP contribution in [0.25, 0.3) is 28.0 Å². The molecule has 6 heteroatoms. The molecular weight excluding hydrogens is 350 g/mol. The van der Waals surface area contributed by atoms with Crippen LogP contribution < -0.4 is 4.74 Å². The largest absolute Gasteiger partial charge is 0.496 e. The van der Waals surface area contributed by atoms with Gasteiger partial charge in [-0.25, -0.2) is 9.67 Å². The number of pyridine rings is 1. The van der Waals surface area contributed by atoms with E-state index in [4.69, 9.17) is 14.8 Å². The molecule has 0 radical (unpaired) electrons. The highest BCUT2D eigenvalue weighted by Crippen LogP contribution is 2.36. The molecule has 0 aliphatic heterocycles. The second-order valence-corrected chi connectivity index (χ2v) is 7.53. The molecule has 3 heterocycles. The summed E-state index contributed by atoms with van der Waals surface area (Å²) in [6.45, 7) is 6.50. The quantitative estimate of drug-likeness (QED) is 0.521. The number of hydrogen-bond acceptors (Lipinski definition) is 4. The normalized spacial score (nSPS) is 11.5. The van der Waals surface area contributed by atoms with E-state index in [9.17, 15) is 0 Å². The molecule has 0 aliphatic rings. The van der Waals surface area contributed by atoms with Crippen LogP contribution in [0, 0.1) is 12.8 Å². The average Bonchev–Trinajstić information content (AvgIpc) is 3.29. The number of methoxy groups -OCH3 is 1. The zero-order chi connectivity index (χ0) is 19.8. The lowest BCUT2D eigenvalue weighted by Crippen LogP contribution is -2.00. The summed E-state index contributed by atoms with van der Waals surface area (Å²) < 4.78 is 9.46. The molecule has 144 valence electrons. The van der Waals surface area contributed by atoms with Crippen molar-refractivity contribution in [3.05, 3.63) is 54.0 Å². The van der Waals surface area contributed by atoms with Crippen LogP contribution in [0.5, 0.6) is 5.75 Å². The topological polar surface area (TPSA) is 57.8 Å². The van der Waals surface area contributed by atoms with E-state index >= 15 is 0 Å². The van der Waals surface area contributed by atoms with Gasteiger partial charge >= 0.3 is 0 Å². The van der Waals surface area contributed by atoms with Gasteiger partial charge in [-0.15, -0.1) is 0 Å². The first kappa shape index (κ1) is 18.2. The van der Waals surface area contributed by atoms with Gasteiger partial charge in [-0.05, 0) is 49.1 Å². The second-order valence-electron chi connectivity index (χ2n) is 7.53.